The van der Waals surface area contributed by atoms with Gasteiger partial charge in [0.15, 0.2) is 0 Å². The molecular weight excluding hydrogens is 330 g/mol. The smallest absolute Gasteiger partial charge is 0.338 e. The van der Waals surface area contributed by atoms with E-state index < -0.39 is 0 Å². The van der Waals surface area contributed by atoms with Gasteiger partial charge in [-0.2, -0.15) is 0 Å². The van der Waals surface area contributed by atoms with E-state index in [1.807, 2.05) is 30.3 Å². The molecule has 1 unspecified atom stereocenters. The molecule has 1 atom stereocenters. The molecule has 0 heterocycles. The molecule has 2 aromatic rings. The summed E-state index contributed by atoms with van der Waals surface area (Å²) in [6, 6.07) is 15.6. The number of nitrogens with one attached hydrogen (secondary N) is 1. The first-order valence-electron chi connectivity index (χ1n) is 6.90. The van der Waals surface area contributed by atoms with Gasteiger partial charge in [0.05, 0.1) is 12.2 Å². The minimum atomic E-state index is -0.289. The Hall–Kier alpha value is -1.81. The fourth-order valence-corrected chi connectivity index (χ4v) is 2.70. The Balaban J connectivity index is 2.07. The van der Waals surface area contributed by atoms with Crippen molar-refractivity contribution in [1.29, 1.82) is 0 Å². The number of carbonyl (C=O) groups excluding carboxylic acids is 1. The van der Waals surface area contributed by atoms with Crippen LogP contribution in [0.1, 0.15) is 35.8 Å². The molecule has 0 spiro atoms. The van der Waals surface area contributed by atoms with Crippen molar-refractivity contribution >= 4 is 27.6 Å². The van der Waals surface area contributed by atoms with E-state index in [-0.39, 0.29) is 12.0 Å². The molecule has 0 fully saturated rings. The number of rotatable bonds is 5. The molecule has 0 saturated carbocycles. The largest absolute Gasteiger partial charge is 0.462 e. The molecule has 2 aromatic carbocycles. The lowest BCUT2D eigenvalue weighted by Crippen LogP contribution is -2.08. The highest BCUT2D eigenvalue weighted by Crippen LogP contribution is 2.26. The maximum atomic E-state index is 11.6. The summed E-state index contributed by atoms with van der Waals surface area (Å²) in [5, 5.41) is 3.42. The van der Waals surface area contributed by atoms with Gasteiger partial charge >= 0.3 is 5.97 Å². The lowest BCUT2D eigenvalue weighted by atomic mass is 10.1. The van der Waals surface area contributed by atoms with E-state index in [9.17, 15) is 4.79 Å². The van der Waals surface area contributed by atoms with Crippen molar-refractivity contribution in [2.75, 3.05) is 11.9 Å². The minimum absolute atomic E-state index is 0.161. The zero-order chi connectivity index (χ0) is 15.2. The fraction of sp³-hybridized carbons (Fsp3) is 0.235. The molecule has 2 rings (SSSR count). The minimum Gasteiger partial charge on any atom is -0.462 e. The molecule has 0 aliphatic rings. The quantitative estimate of drug-likeness (QED) is 0.789. The van der Waals surface area contributed by atoms with Gasteiger partial charge in [0.1, 0.15) is 0 Å². The average Bonchev–Trinajstić information content (AvgIpc) is 2.48. The summed E-state index contributed by atoms with van der Waals surface area (Å²) in [6.07, 6.45) is 0. The Morgan fingerprint density at radius 1 is 1.19 bits per heavy atom. The molecule has 0 amide bonds. The molecule has 0 aliphatic carbocycles. The molecule has 21 heavy (non-hydrogen) atoms. The Labute approximate surface area is 133 Å². The van der Waals surface area contributed by atoms with Gasteiger partial charge in [0.2, 0.25) is 0 Å². The fourth-order valence-electron chi connectivity index (χ4n) is 2.07. The molecule has 0 aliphatic heterocycles. The van der Waals surface area contributed by atoms with E-state index in [1.54, 1.807) is 19.1 Å². The van der Waals surface area contributed by atoms with Crippen LogP contribution >= 0.6 is 15.9 Å². The predicted octanol–water partition coefficient (Wildman–Crippen LogP) is 4.80. The number of anilines is 1. The first-order valence-corrected chi connectivity index (χ1v) is 7.69. The van der Waals surface area contributed by atoms with Gasteiger partial charge in [0.25, 0.3) is 0 Å². The van der Waals surface area contributed by atoms with Gasteiger partial charge < -0.3 is 10.1 Å². The van der Waals surface area contributed by atoms with E-state index in [0.29, 0.717) is 12.2 Å². The van der Waals surface area contributed by atoms with E-state index in [2.05, 4.69) is 34.2 Å². The normalized spacial score (nSPS) is 11.8. The van der Waals surface area contributed by atoms with Gasteiger partial charge in [-0.1, -0.05) is 34.1 Å². The number of esters is 1. The molecular formula is C17H18BrNO2. The molecule has 1 N–H and O–H groups in total. The monoisotopic (exact) mass is 347 g/mol. The van der Waals surface area contributed by atoms with Crippen LogP contribution < -0.4 is 5.32 Å². The second kappa shape index (κ2) is 7.27. The summed E-state index contributed by atoms with van der Waals surface area (Å²) in [7, 11) is 0. The number of hydrogen-bond acceptors (Lipinski definition) is 3. The Kier molecular flexibility index (Phi) is 5.39. The summed E-state index contributed by atoms with van der Waals surface area (Å²) >= 11 is 3.56. The Bertz CT molecular complexity index is 610. The van der Waals surface area contributed by atoms with Crippen molar-refractivity contribution in [1.82, 2.24) is 0 Å². The third kappa shape index (κ3) is 4.08. The van der Waals surface area contributed by atoms with Crippen molar-refractivity contribution in [2.45, 2.75) is 19.9 Å². The first-order chi connectivity index (χ1) is 10.1. The average molecular weight is 348 g/mol. The second-order valence-electron chi connectivity index (χ2n) is 4.69. The van der Waals surface area contributed by atoms with Crippen molar-refractivity contribution in [3.63, 3.8) is 0 Å². The van der Waals surface area contributed by atoms with Crippen molar-refractivity contribution < 1.29 is 9.53 Å². The van der Waals surface area contributed by atoms with Gasteiger partial charge in [-0.05, 0) is 49.7 Å². The lowest BCUT2D eigenvalue weighted by molar-refractivity contribution is 0.0526. The number of hydrogen-bond donors (Lipinski definition) is 1. The highest BCUT2D eigenvalue weighted by Gasteiger charge is 2.10. The molecule has 0 saturated heterocycles. The number of ether oxygens (including phenoxy) is 1. The van der Waals surface area contributed by atoms with Crippen LogP contribution in [0.25, 0.3) is 0 Å². The van der Waals surface area contributed by atoms with Gasteiger partial charge in [-0.3, -0.25) is 0 Å². The predicted molar refractivity (Wildman–Crippen MR) is 88.6 cm³/mol. The summed E-state index contributed by atoms with van der Waals surface area (Å²) in [5.74, 6) is -0.289. The molecule has 0 bridgehead atoms. The molecule has 4 heteroatoms. The van der Waals surface area contributed by atoms with Gasteiger partial charge in [-0.15, -0.1) is 0 Å². The van der Waals surface area contributed by atoms with E-state index in [1.165, 1.54) is 5.56 Å². The van der Waals surface area contributed by atoms with E-state index in [0.717, 1.165) is 10.2 Å². The molecule has 3 nitrogen and oxygen atoms in total. The highest BCUT2D eigenvalue weighted by atomic mass is 79.9. The third-order valence-electron chi connectivity index (χ3n) is 3.15. The summed E-state index contributed by atoms with van der Waals surface area (Å²) in [5.41, 5.74) is 2.72. The maximum absolute atomic E-state index is 11.6. The first kappa shape index (κ1) is 15.6. The number of benzene rings is 2. The van der Waals surface area contributed by atoms with Crippen molar-refractivity contribution in [3.8, 4) is 0 Å². The lowest BCUT2D eigenvalue weighted by Gasteiger charge is -2.17. The topological polar surface area (TPSA) is 38.3 Å². The standard InChI is InChI=1S/C17H18BrNO2/c1-3-21-17(20)13-8-10-14(11-9-13)19-12(2)15-6-4-5-7-16(15)18/h4-12,19H,3H2,1-2H3. The molecule has 0 radical (unpaired) electrons. The second-order valence-corrected chi connectivity index (χ2v) is 5.54. The van der Waals surface area contributed by atoms with Crippen LogP contribution in [0, 0.1) is 0 Å². The summed E-state index contributed by atoms with van der Waals surface area (Å²) < 4.78 is 6.05. The highest BCUT2D eigenvalue weighted by molar-refractivity contribution is 9.10. The van der Waals surface area contributed by atoms with Crippen molar-refractivity contribution in [2.24, 2.45) is 0 Å². The van der Waals surface area contributed by atoms with Gasteiger partial charge in [-0.25, -0.2) is 4.79 Å². The van der Waals surface area contributed by atoms with Crippen LogP contribution in [0.4, 0.5) is 5.69 Å². The van der Waals surface area contributed by atoms with Crippen LogP contribution in [0.3, 0.4) is 0 Å². The van der Waals surface area contributed by atoms with E-state index in [4.69, 9.17) is 4.74 Å². The van der Waals surface area contributed by atoms with Crippen LogP contribution in [-0.2, 0) is 4.74 Å². The van der Waals surface area contributed by atoms with Gasteiger partial charge in [0, 0.05) is 16.2 Å². The Morgan fingerprint density at radius 2 is 1.86 bits per heavy atom. The zero-order valence-corrected chi connectivity index (χ0v) is 13.7. The zero-order valence-electron chi connectivity index (χ0n) is 12.1. The number of carbonyl (C=O) groups is 1. The summed E-state index contributed by atoms with van der Waals surface area (Å²) in [4.78, 5) is 11.6. The third-order valence-corrected chi connectivity index (χ3v) is 3.87. The SMILES string of the molecule is CCOC(=O)c1ccc(NC(C)c2ccccc2Br)cc1. The maximum Gasteiger partial charge on any atom is 0.338 e. The van der Waals surface area contributed by atoms with Crippen LogP contribution in [0.2, 0.25) is 0 Å². The van der Waals surface area contributed by atoms with Crippen molar-refractivity contribution in [3.05, 3.63) is 64.1 Å². The molecule has 0 aromatic heterocycles. The van der Waals surface area contributed by atoms with Crippen LogP contribution in [0.5, 0.6) is 0 Å². The Morgan fingerprint density at radius 3 is 2.48 bits per heavy atom. The van der Waals surface area contributed by atoms with E-state index >= 15 is 0 Å². The number of halogens is 1. The van der Waals surface area contributed by atoms with Crippen LogP contribution in [-0.4, -0.2) is 12.6 Å². The summed E-state index contributed by atoms with van der Waals surface area (Å²) in [6.45, 7) is 4.28. The van der Waals surface area contributed by atoms with Crippen LogP contribution in [0.15, 0.2) is 53.0 Å². The molecule has 110 valence electrons.